The normalized spacial score (nSPS) is 9.70. The number of nitrogens with zero attached hydrogens (tertiary/aromatic N) is 3. The molecule has 0 aliphatic rings. The van der Waals surface area contributed by atoms with E-state index in [9.17, 15) is 4.79 Å². The third-order valence-electron chi connectivity index (χ3n) is 2.44. The zero-order valence-corrected chi connectivity index (χ0v) is 11.0. The maximum absolute atomic E-state index is 12.1. The molecule has 2 rings (SSSR count). The SMILES string of the molecule is Cn1ccc(NC(=O)c2ncccc2C#CCCO)n1. The molecule has 2 aromatic heterocycles. The first-order valence-corrected chi connectivity index (χ1v) is 6.06. The Morgan fingerprint density at radius 2 is 2.35 bits per heavy atom. The van der Waals surface area contributed by atoms with Gasteiger partial charge in [-0.3, -0.25) is 9.48 Å². The van der Waals surface area contributed by atoms with Crippen molar-refractivity contribution in [3.8, 4) is 11.8 Å². The second-order valence-corrected chi connectivity index (χ2v) is 4.00. The highest BCUT2D eigenvalue weighted by molar-refractivity contribution is 6.03. The molecule has 0 atom stereocenters. The van der Waals surface area contributed by atoms with E-state index < -0.39 is 0 Å². The summed E-state index contributed by atoms with van der Waals surface area (Å²) in [7, 11) is 1.77. The molecule has 2 N–H and O–H groups in total. The molecule has 0 spiro atoms. The molecule has 0 saturated heterocycles. The second-order valence-electron chi connectivity index (χ2n) is 4.00. The smallest absolute Gasteiger partial charge is 0.276 e. The van der Waals surface area contributed by atoms with Gasteiger partial charge in [0.2, 0.25) is 0 Å². The van der Waals surface area contributed by atoms with Gasteiger partial charge in [0.25, 0.3) is 5.91 Å². The van der Waals surface area contributed by atoms with Crippen molar-refractivity contribution in [2.45, 2.75) is 6.42 Å². The van der Waals surface area contributed by atoms with Gasteiger partial charge in [-0.1, -0.05) is 11.8 Å². The Kier molecular flexibility index (Phi) is 4.47. The highest BCUT2D eigenvalue weighted by atomic mass is 16.2. The Labute approximate surface area is 116 Å². The molecule has 1 amide bonds. The fourth-order valence-electron chi connectivity index (χ4n) is 1.56. The molecule has 6 nitrogen and oxygen atoms in total. The van der Waals surface area contributed by atoms with Crippen LogP contribution in [-0.4, -0.2) is 32.4 Å². The van der Waals surface area contributed by atoms with Crippen LogP contribution >= 0.6 is 0 Å². The average Bonchev–Trinajstić information content (AvgIpc) is 2.85. The highest BCUT2D eigenvalue weighted by Crippen LogP contribution is 2.08. The Bertz CT molecular complexity index is 667. The minimum absolute atomic E-state index is 0.0112. The van der Waals surface area contributed by atoms with Gasteiger partial charge in [-0.25, -0.2) is 4.98 Å². The van der Waals surface area contributed by atoms with Crippen LogP contribution < -0.4 is 5.32 Å². The third-order valence-corrected chi connectivity index (χ3v) is 2.44. The maximum Gasteiger partial charge on any atom is 0.276 e. The van der Waals surface area contributed by atoms with Crippen molar-refractivity contribution in [2.75, 3.05) is 11.9 Å². The number of pyridine rings is 1. The fourth-order valence-corrected chi connectivity index (χ4v) is 1.56. The maximum atomic E-state index is 12.1. The van der Waals surface area contributed by atoms with Crippen LogP contribution in [0.15, 0.2) is 30.6 Å². The topological polar surface area (TPSA) is 80.0 Å². The quantitative estimate of drug-likeness (QED) is 0.808. The lowest BCUT2D eigenvalue weighted by atomic mass is 10.2. The number of hydrogen-bond acceptors (Lipinski definition) is 4. The number of aryl methyl sites for hydroxylation is 1. The highest BCUT2D eigenvalue weighted by Gasteiger charge is 2.12. The number of hydrogen-bond donors (Lipinski definition) is 2. The van der Waals surface area contributed by atoms with Gasteiger partial charge in [0.05, 0.1) is 12.2 Å². The van der Waals surface area contributed by atoms with Gasteiger partial charge in [-0.2, -0.15) is 5.10 Å². The van der Waals surface area contributed by atoms with Crippen molar-refractivity contribution < 1.29 is 9.90 Å². The van der Waals surface area contributed by atoms with E-state index in [1.165, 1.54) is 6.20 Å². The molecule has 0 fully saturated rings. The summed E-state index contributed by atoms with van der Waals surface area (Å²) in [5, 5.41) is 15.4. The van der Waals surface area contributed by atoms with Crippen molar-refractivity contribution in [3.63, 3.8) is 0 Å². The van der Waals surface area contributed by atoms with Crippen molar-refractivity contribution in [2.24, 2.45) is 7.05 Å². The van der Waals surface area contributed by atoms with Crippen LogP contribution in [0, 0.1) is 11.8 Å². The third kappa shape index (κ3) is 3.43. The monoisotopic (exact) mass is 270 g/mol. The summed E-state index contributed by atoms with van der Waals surface area (Å²) in [5.74, 6) is 5.69. The molecular weight excluding hydrogens is 256 g/mol. The summed E-state index contributed by atoms with van der Waals surface area (Å²) in [6, 6.07) is 5.11. The molecular formula is C14H14N4O2. The van der Waals surface area contributed by atoms with Crippen molar-refractivity contribution in [3.05, 3.63) is 41.9 Å². The molecule has 0 bridgehead atoms. The van der Waals surface area contributed by atoms with Crippen LogP contribution in [-0.2, 0) is 7.05 Å². The van der Waals surface area contributed by atoms with Gasteiger partial charge in [0, 0.05) is 31.9 Å². The Morgan fingerprint density at radius 3 is 3.05 bits per heavy atom. The van der Waals surface area contributed by atoms with Gasteiger partial charge < -0.3 is 10.4 Å². The molecule has 0 aliphatic carbocycles. The summed E-state index contributed by atoms with van der Waals surface area (Å²) >= 11 is 0. The van der Waals surface area contributed by atoms with Gasteiger partial charge >= 0.3 is 0 Å². The summed E-state index contributed by atoms with van der Waals surface area (Å²) in [6.07, 6.45) is 3.62. The zero-order valence-electron chi connectivity index (χ0n) is 11.0. The first kappa shape index (κ1) is 13.8. The summed E-state index contributed by atoms with van der Waals surface area (Å²) in [4.78, 5) is 16.2. The van der Waals surface area contributed by atoms with Gasteiger partial charge in [0.15, 0.2) is 5.82 Å². The van der Waals surface area contributed by atoms with Crippen LogP contribution in [0.1, 0.15) is 22.5 Å². The van der Waals surface area contributed by atoms with Gasteiger partial charge in [-0.15, -0.1) is 0 Å². The number of amides is 1. The van der Waals surface area contributed by atoms with E-state index in [4.69, 9.17) is 5.11 Å². The Hall–Kier alpha value is -2.65. The van der Waals surface area contributed by atoms with Crippen molar-refractivity contribution in [1.29, 1.82) is 0 Å². The lowest BCUT2D eigenvalue weighted by Crippen LogP contribution is -2.15. The van der Waals surface area contributed by atoms with Crippen molar-refractivity contribution in [1.82, 2.24) is 14.8 Å². The van der Waals surface area contributed by atoms with E-state index in [1.54, 1.807) is 36.1 Å². The number of aliphatic hydroxyl groups excluding tert-OH is 1. The van der Waals surface area contributed by atoms with Crippen LogP contribution in [0.2, 0.25) is 0 Å². The Morgan fingerprint density at radius 1 is 1.50 bits per heavy atom. The number of carbonyl (C=O) groups is 1. The van der Waals surface area contributed by atoms with Crippen LogP contribution in [0.4, 0.5) is 5.82 Å². The molecule has 2 heterocycles. The number of nitrogens with one attached hydrogen (secondary N) is 1. The first-order chi connectivity index (χ1) is 9.70. The molecule has 0 aromatic carbocycles. The van der Waals surface area contributed by atoms with Crippen LogP contribution in [0.25, 0.3) is 0 Å². The second kappa shape index (κ2) is 6.50. The summed E-state index contributed by atoms with van der Waals surface area (Å²) < 4.78 is 1.59. The Balaban J connectivity index is 2.19. The van der Waals surface area contributed by atoms with E-state index in [-0.39, 0.29) is 18.2 Å². The molecule has 0 unspecified atom stereocenters. The fraction of sp³-hybridized carbons (Fsp3) is 0.214. The lowest BCUT2D eigenvalue weighted by Gasteiger charge is -2.03. The lowest BCUT2D eigenvalue weighted by molar-refractivity contribution is 0.102. The predicted octanol–water partition coefficient (Wildman–Crippen LogP) is 0.801. The molecule has 0 saturated carbocycles. The van der Waals surface area contributed by atoms with Gasteiger partial charge in [0.1, 0.15) is 5.69 Å². The zero-order chi connectivity index (χ0) is 14.4. The number of rotatable bonds is 3. The molecule has 0 radical (unpaired) electrons. The largest absolute Gasteiger partial charge is 0.395 e. The molecule has 102 valence electrons. The summed E-state index contributed by atoms with van der Waals surface area (Å²) in [5.41, 5.74) is 0.762. The molecule has 2 aromatic rings. The van der Waals surface area contributed by atoms with E-state index in [2.05, 4.69) is 27.2 Å². The van der Waals surface area contributed by atoms with E-state index in [0.29, 0.717) is 17.8 Å². The van der Waals surface area contributed by atoms with Crippen LogP contribution in [0.3, 0.4) is 0 Å². The first-order valence-electron chi connectivity index (χ1n) is 6.06. The summed E-state index contributed by atoms with van der Waals surface area (Å²) in [6.45, 7) is -0.0112. The minimum atomic E-state index is -0.363. The van der Waals surface area contributed by atoms with Crippen LogP contribution in [0.5, 0.6) is 0 Å². The standard InChI is InChI=1S/C14H14N4O2/c1-18-9-7-12(17-18)16-14(20)13-11(5-2-3-10-19)6-4-8-15-13/h4,6-9,19H,3,10H2,1H3,(H,16,17,20). The van der Waals surface area contributed by atoms with Crippen molar-refractivity contribution >= 4 is 11.7 Å². The van der Waals surface area contributed by atoms with E-state index in [1.807, 2.05) is 0 Å². The molecule has 0 aliphatic heterocycles. The van der Waals surface area contributed by atoms with E-state index >= 15 is 0 Å². The predicted molar refractivity (Wildman–Crippen MR) is 74.0 cm³/mol. The number of aromatic nitrogens is 3. The number of aliphatic hydroxyl groups is 1. The van der Waals surface area contributed by atoms with E-state index in [0.717, 1.165) is 0 Å². The molecule has 20 heavy (non-hydrogen) atoms. The average molecular weight is 270 g/mol. The number of carbonyl (C=O) groups excluding carboxylic acids is 1. The minimum Gasteiger partial charge on any atom is -0.395 e. The van der Waals surface area contributed by atoms with Gasteiger partial charge in [-0.05, 0) is 12.1 Å². The molecule has 6 heteroatoms. The number of anilines is 1.